The van der Waals surface area contributed by atoms with Crippen molar-refractivity contribution in [2.24, 2.45) is 5.73 Å². The van der Waals surface area contributed by atoms with Gasteiger partial charge in [-0.3, -0.25) is 9.59 Å². The van der Waals surface area contributed by atoms with Crippen LogP contribution in [0.4, 0.5) is 0 Å². The summed E-state index contributed by atoms with van der Waals surface area (Å²) in [7, 11) is 0. The lowest BCUT2D eigenvalue weighted by Gasteiger charge is -2.30. The summed E-state index contributed by atoms with van der Waals surface area (Å²) in [6, 6.07) is 16.2. The predicted molar refractivity (Wildman–Crippen MR) is 95.6 cm³/mol. The first-order valence-corrected chi connectivity index (χ1v) is 8.49. The van der Waals surface area contributed by atoms with Crippen LogP contribution in [0.5, 0.6) is 5.75 Å². The van der Waals surface area contributed by atoms with Crippen LogP contribution in [-0.2, 0) is 4.79 Å². The molecule has 0 saturated carbocycles. The number of ketones is 1. The lowest BCUT2D eigenvalue weighted by molar-refractivity contribution is -0.134. The Hall–Kier alpha value is -2.66. The van der Waals surface area contributed by atoms with Gasteiger partial charge in [-0.15, -0.1) is 0 Å². The van der Waals surface area contributed by atoms with Gasteiger partial charge in [0.2, 0.25) is 0 Å². The average molecular weight is 338 g/mol. The van der Waals surface area contributed by atoms with Crippen molar-refractivity contribution in [2.45, 2.75) is 18.9 Å². The highest BCUT2D eigenvalue weighted by Crippen LogP contribution is 2.16. The third-order valence-electron chi connectivity index (χ3n) is 4.41. The van der Waals surface area contributed by atoms with E-state index in [4.69, 9.17) is 10.5 Å². The molecule has 0 radical (unpaired) electrons. The predicted octanol–water partition coefficient (Wildman–Crippen LogP) is 2.25. The van der Waals surface area contributed by atoms with Gasteiger partial charge in [0.1, 0.15) is 5.75 Å². The summed E-state index contributed by atoms with van der Waals surface area (Å²) in [5.74, 6) is 0.510. The van der Waals surface area contributed by atoms with E-state index in [9.17, 15) is 9.59 Å². The van der Waals surface area contributed by atoms with E-state index >= 15 is 0 Å². The second kappa shape index (κ2) is 7.94. The smallest absolute Gasteiger partial charge is 0.260 e. The third kappa shape index (κ3) is 4.45. The molecule has 0 aliphatic carbocycles. The number of nitrogens with two attached hydrogens (primary N) is 1. The molecule has 25 heavy (non-hydrogen) atoms. The van der Waals surface area contributed by atoms with Gasteiger partial charge in [-0.1, -0.05) is 30.3 Å². The van der Waals surface area contributed by atoms with Crippen molar-refractivity contribution in [1.82, 2.24) is 4.90 Å². The highest BCUT2D eigenvalue weighted by Gasteiger charge is 2.20. The topological polar surface area (TPSA) is 72.6 Å². The van der Waals surface area contributed by atoms with Crippen molar-refractivity contribution in [3.05, 3.63) is 65.7 Å². The Morgan fingerprint density at radius 3 is 2.20 bits per heavy atom. The van der Waals surface area contributed by atoms with E-state index in [1.807, 2.05) is 18.2 Å². The molecule has 3 rings (SSSR count). The van der Waals surface area contributed by atoms with Gasteiger partial charge in [0.25, 0.3) is 5.91 Å². The van der Waals surface area contributed by atoms with Gasteiger partial charge in [0.05, 0.1) is 0 Å². The number of likely N-dealkylation sites (tertiary alicyclic amines) is 1. The maximum atomic E-state index is 12.3. The summed E-state index contributed by atoms with van der Waals surface area (Å²) in [5.41, 5.74) is 7.09. The van der Waals surface area contributed by atoms with E-state index < -0.39 is 0 Å². The summed E-state index contributed by atoms with van der Waals surface area (Å²) < 4.78 is 5.55. The lowest BCUT2D eigenvalue weighted by atomic mass is 10.0. The number of carbonyl (C=O) groups excluding carboxylic acids is 2. The Bertz CT molecular complexity index is 720. The molecule has 1 heterocycles. The number of carbonyl (C=O) groups is 2. The van der Waals surface area contributed by atoms with E-state index in [0.717, 1.165) is 12.8 Å². The summed E-state index contributed by atoms with van der Waals surface area (Å²) in [4.78, 5) is 26.3. The molecule has 0 bridgehead atoms. The van der Waals surface area contributed by atoms with Crippen LogP contribution < -0.4 is 10.5 Å². The molecule has 0 aromatic heterocycles. The summed E-state index contributed by atoms with van der Waals surface area (Å²) >= 11 is 0. The molecule has 1 amide bonds. The molecule has 2 aromatic rings. The zero-order valence-electron chi connectivity index (χ0n) is 14.1. The normalized spacial score (nSPS) is 15.0. The number of benzene rings is 2. The van der Waals surface area contributed by atoms with Crippen molar-refractivity contribution in [3.63, 3.8) is 0 Å². The molecule has 0 unspecified atom stereocenters. The fraction of sp³-hybridized carbons (Fsp3) is 0.300. The van der Waals surface area contributed by atoms with Gasteiger partial charge in [-0.05, 0) is 37.1 Å². The van der Waals surface area contributed by atoms with Crippen LogP contribution >= 0.6 is 0 Å². The minimum absolute atomic E-state index is 0.00121. The maximum absolute atomic E-state index is 12.3. The maximum Gasteiger partial charge on any atom is 0.260 e. The Kier molecular flexibility index (Phi) is 5.46. The first-order valence-electron chi connectivity index (χ1n) is 8.49. The Labute approximate surface area is 147 Å². The van der Waals surface area contributed by atoms with Crippen LogP contribution in [0, 0.1) is 0 Å². The molecule has 1 saturated heterocycles. The van der Waals surface area contributed by atoms with E-state index in [-0.39, 0.29) is 24.3 Å². The molecule has 5 heteroatoms. The Morgan fingerprint density at radius 1 is 0.960 bits per heavy atom. The summed E-state index contributed by atoms with van der Waals surface area (Å²) in [6.07, 6.45) is 1.67. The fourth-order valence-corrected chi connectivity index (χ4v) is 2.84. The molecule has 0 spiro atoms. The van der Waals surface area contributed by atoms with Crippen LogP contribution in [-0.4, -0.2) is 42.3 Å². The molecule has 130 valence electrons. The number of hydrogen-bond donors (Lipinski definition) is 1. The van der Waals surface area contributed by atoms with Crippen LogP contribution in [0.25, 0.3) is 0 Å². The van der Waals surface area contributed by atoms with Crippen molar-refractivity contribution in [1.29, 1.82) is 0 Å². The zero-order chi connectivity index (χ0) is 17.6. The number of rotatable bonds is 5. The largest absolute Gasteiger partial charge is 0.484 e. The van der Waals surface area contributed by atoms with E-state index in [2.05, 4.69) is 0 Å². The van der Waals surface area contributed by atoms with Crippen LogP contribution in [0.1, 0.15) is 28.8 Å². The monoisotopic (exact) mass is 338 g/mol. The molecular weight excluding hydrogens is 316 g/mol. The number of nitrogens with zero attached hydrogens (tertiary/aromatic N) is 1. The molecule has 5 nitrogen and oxygen atoms in total. The highest BCUT2D eigenvalue weighted by atomic mass is 16.5. The number of ether oxygens (including phenoxy) is 1. The van der Waals surface area contributed by atoms with Gasteiger partial charge < -0.3 is 15.4 Å². The Morgan fingerprint density at radius 2 is 1.56 bits per heavy atom. The average Bonchev–Trinajstić information content (AvgIpc) is 2.67. The molecule has 1 fully saturated rings. The summed E-state index contributed by atoms with van der Waals surface area (Å²) in [5, 5.41) is 0. The second-order valence-corrected chi connectivity index (χ2v) is 6.23. The lowest BCUT2D eigenvalue weighted by Crippen LogP contribution is -2.44. The minimum Gasteiger partial charge on any atom is -0.484 e. The molecule has 1 aliphatic heterocycles. The quantitative estimate of drug-likeness (QED) is 0.849. The molecule has 1 aliphatic rings. The van der Waals surface area contributed by atoms with Gasteiger partial charge >= 0.3 is 0 Å². The number of piperidine rings is 1. The van der Waals surface area contributed by atoms with Crippen LogP contribution in [0.15, 0.2) is 54.6 Å². The number of hydrogen-bond acceptors (Lipinski definition) is 4. The second-order valence-electron chi connectivity index (χ2n) is 6.23. The Balaban J connectivity index is 1.54. The van der Waals surface area contributed by atoms with E-state index in [0.29, 0.717) is 30.0 Å². The van der Waals surface area contributed by atoms with Crippen molar-refractivity contribution < 1.29 is 14.3 Å². The third-order valence-corrected chi connectivity index (χ3v) is 4.41. The van der Waals surface area contributed by atoms with Gasteiger partial charge in [0, 0.05) is 30.3 Å². The van der Waals surface area contributed by atoms with Crippen molar-refractivity contribution in [3.8, 4) is 5.75 Å². The van der Waals surface area contributed by atoms with Gasteiger partial charge in [-0.25, -0.2) is 0 Å². The first-order chi connectivity index (χ1) is 12.1. The highest BCUT2D eigenvalue weighted by molar-refractivity contribution is 6.08. The standard InChI is InChI=1S/C20H22N2O3/c21-17-10-12-22(13-11-17)19(23)14-25-18-8-6-16(7-9-18)20(24)15-4-2-1-3-5-15/h1-9,17H,10-14,21H2. The number of amides is 1. The van der Waals surface area contributed by atoms with E-state index in [1.54, 1.807) is 41.3 Å². The molecule has 2 N–H and O–H groups in total. The van der Waals surface area contributed by atoms with Crippen LogP contribution in [0.2, 0.25) is 0 Å². The minimum atomic E-state index is -0.0344. The van der Waals surface area contributed by atoms with Crippen molar-refractivity contribution >= 4 is 11.7 Å². The fourth-order valence-electron chi connectivity index (χ4n) is 2.84. The van der Waals surface area contributed by atoms with Crippen LogP contribution in [0.3, 0.4) is 0 Å². The molecule has 2 aromatic carbocycles. The van der Waals surface area contributed by atoms with Gasteiger partial charge in [-0.2, -0.15) is 0 Å². The summed E-state index contributed by atoms with van der Waals surface area (Å²) in [6.45, 7) is 1.38. The SMILES string of the molecule is NC1CCN(C(=O)COc2ccc(C(=O)c3ccccc3)cc2)CC1. The molecule has 0 atom stereocenters. The van der Waals surface area contributed by atoms with E-state index in [1.165, 1.54) is 0 Å². The van der Waals surface area contributed by atoms with Gasteiger partial charge in [0.15, 0.2) is 12.4 Å². The first kappa shape index (κ1) is 17.2. The van der Waals surface area contributed by atoms with Crippen molar-refractivity contribution in [2.75, 3.05) is 19.7 Å². The zero-order valence-corrected chi connectivity index (χ0v) is 14.1. The molecular formula is C20H22N2O3.